The van der Waals surface area contributed by atoms with E-state index >= 15 is 0 Å². The average Bonchev–Trinajstić information content (AvgIpc) is 3.38. The number of rotatable bonds is 5. The highest BCUT2D eigenvalue weighted by Gasteiger charge is 2.42. The molecule has 154 valence electrons. The first-order valence-corrected chi connectivity index (χ1v) is 10.5. The largest absolute Gasteiger partial charge is 0.464 e. The quantitative estimate of drug-likeness (QED) is 0.397. The maximum Gasteiger partial charge on any atom is 0.174 e. The van der Waals surface area contributed by atoms with Crippen LogP contribution >= 0.6 is 12.2 Å². The summed E-state index contributed by atoms with van der Waals surface area (Å²) >= 11 is 5.74. The van der Waals surface area contributed by atoms with E-state index in [2.05, 4.69) is 15.2 Å². The normalized spacial score (nSPS) is 18.1. The van der Waals surface area contributed by atoms with Crippen LogP contribution in [0.2, 0.25) is 0 Å². The number of thiocarbonyl (C=S) groups is 1. The molecule has 1 aliphatic rings. The summed E-state index contributed by atoms with van der Waals surface area (Å²) in [5.74, 6) is 3.26. The second-order valence-corrected chi connectivity index (χ2v) is 7.74. The fourth-order valence-corrected chi connectivity index (χ4v) is 4.18. The van der Waals surface area contributed by atoms with Gasteiger partial charge in [-0.2, -0.15) is 0 Å². The van der Waals surface area contributed by atoms with E-state index in [0.29, 0.717) is 5.11 Å². The van der Waals surface area contributed by atoms with Crippen LogP contribution in [0.3, 0.4) is 0 Å². The van der Waals surface area contributed by atoms with Gasteiger partial charge in [-0.3, -0.25) is 4.98 Å². The van der Waals surface area contributed by atoms with E-state index in [1.54, 1.807) is 6.20 Å². The van der Waals surface area contributed by atoms with Crippen LogP contribution in [0.25, 0.3) is 0 Å². The number of ether oxygens (including phenoxy) is 1. The van der Waals surface area contributed by atoms with Gasteiger partial charge in [0.25, 0.3) is 0 Å². The van der Waals surface area contributed by atoms with E-state index in [9.17, 15) is 0 Å². The molecule has 4 aromatic rings. The van der Waals surface area contributed by atoms with Crippen LogP contribution in [0.4, 0.5) is 5.69 Å². The van der Waals surface area contributed by atoms with Crippen LogP contribution in [0.1, 0.15) is 29.3 Å². The van der Waals surface area contributed by atoms with Crippen LogP contribution in [0.5, 0.6) is 11.5 Å². The molecule has 1 aliphatic heterocycles. The maximum atomic E-state index is 6.03. The maximum absolute atomic E-state index is 6.03. The molecular weight excluding hydrogens is 406 g/mol. The van der Waals surface area contributed by atoms with Gasteiger partial charge in [-0.25, -0.2) is 0 Å². The van der Waals surface area contributed by atoms with Crippen molar-refractivity contribution >= 4 is 23.0 Å². The molecule has 0 radical (unpaired) electrons. The van der Waals surface area contributed by atoms with Crippen molar-refractivity contribution < 1.29 is 9.15 Å². The molecule has 1 N–H and O–H groups in total. The third-order valence-electron chi connectivity index (χ3n) is 5.24. The minimum Gasteiger partial charge on any atom is -0.464 e. The number of hydrogen-bond acceptors (Lipinski definition) is 4. The van der Waals surface area contributed by atoms with Crippen molar-refractivity contribution in [3.63, 3.8) is 0 Å². The van der Waals surface area contributed by atoms with Gasteiger partial charge in [0, 0.05) is 11.9 Å². The minimum atomic E-state index is -0.156. The van der Waals surface area contributed by atoms with Gasteiger partial charge in [0.05, 0.1) is 11.7 Å². The summed E-state index contributed by atoms with van der Waals surface area (Å²) in [6.45, 7) is 1.94. The molecule has 2 aromatic heterocycles. The lowest BCUT2D eigenvalue weighted by molar-refractivity contribution is 0.418. The van der Waals surface area contributed by atoms with Crippen molar-refractivity contribution in [2.24, 2.45) is 0 Å². The van der Waals surface area contributed by atoms with Crippen molar-refractivity contribution in [3.05, 3.63) is 108 Å². The van der Waals surface area contributed by atoms with Gasteiger partial charge in [-0.05, 0) is 79.8 Å². The molecule has 5 rings (SSSR count). The lowest BCUT2D eigenvalue weighted by Gasteiger charge is -2.26. The molecule has 1 fully saturated rings. The second-order valence-electron chi connectivity index (χ2n) is 7.35. The summed E-state index contributed by atoms with van der Waals surface area (Å²) in [6.07, 6.45) is 1.79. The van der Waals surface area contributed by atoms with Crippen molar-refractivity contribution in [2.45, 2.75) is 19.0 Å². The number of pyridine rings is 1. The van der Waals surface area contributed by atoms with E-state index in [4.69, 9.17) is 21.4 Å². The van der Waals surface area contributed by atoms with Gasteiger partial charge in [0.1, 0.15) is 29.1 Å². The highest BCUT2D eigenvalue weighted by Crippen LogP contribution is 2.42. The van der Waals surface area contributed by atoms with Gasteiger partial charge in [-0.1, -0.05) is 24.3 Å². The zero-order chi connectivity index (χ0) is 21.2. The van der Waals surface area contributed by atoms with Gasteiger partial charge in [0.2, 0.25) is 0 Å². The van der Waals surface area contributed by atoms with Crippen molar-refractivity contribution in [1.29, 1.82) is 0 Å². The fourth-order valence-electron chi connectivity index (χ4n) is 3.83. The summed E-state index contributed by atoms with van der Waals surface area (Å²) in [4.78, 5) is 6.64. The molecule has 2 atom stereocenters. The molecule has 3 heterocycles. The van der Waals surface area contributed by atoms with Crippen molar-refractivity contribution in [2.75, 3.05) is 4.90 Å². The molecular formula is C25H21N3O2S. The third-order valence-corrected chi connectivity index (χ3v) is 5.56. The first kappa shape index (κ1) is 19.3. The molecule has 2 aromatic carbocycles. The Labute approximate surface area is 186 Å². The van der Waals surface area contributed by atoms with Crippen LogP contribution in [-0.2, 0) is 0 Å². The topological polar surface area (TPSA) is 50.5 Å². The molecule has 0 saturated carbocycles. The van der Waals surface area contributed by atoms with Gasteiger partial charge in [-0.15, -0.1) is 0 Å². The Morgan fingerprint density at radius 3 is 2.32 bits per heavy atom. The van der Waals surface area contributed by atoms with Gasteiger partial charge < -0.3 is 19.4 Å². The number of nitrogens with one attached hydrogen (secondary N) is 1. The summed E-state index contributed by atoms with van der Waals surface area (Å²) in [5.41, 5.74) is 1.87. The second kappa shape index (κ2) is 8.24. The lowest BCUT2D eigenvalue weighted by atomic mass is 10.0. The predicted octanol–water partition coefficient (Wildman–Crippen LogP) is 5.95. The van der Waals surface area contributed by atoms with E-state index in [1.807, 2.05) is 91.9 Å². The Balaban J connectivity index is 1.48. The molecule has 0 spiro atoms. The number of furan rings is 1. The molecule has 0 bridgehead atoms. The molecule has 5 nitrogen and oxygen atoms in total. The zero-order valence-corrected chi connectivity index (χ0v) is 17.8. The van der Waals surface area contributed by atoms with Crippen LogP contribution in [0, 0.1) is 6.92 Å². The predicted molar refractivity (Wildman–Crippen MR) is 124 cm³/mol. The average molecular weight is 428 g/mol. The Hall–Kier alpha value is -3.64. The van der Waals surface area contributed by atoms with E-state index in [0.717, 1.165) is 34.4 Å². The van der Waals surface area contributed by atoms with Gasteiger partial charge >= 0.3 is 0 Å². The molecule has 1 saturated heterocycles. The number of nitrogens with zero attached hydrogens (tertiary/aromatic N) is 2. The van der Waals surface area contributed by atoms with Crippen molar-refractivity contribution in [1.82, 2.24) is 10.3 Å². The number of para-hydroxylation sites is 1. The molecule has 6 heteroatoms. The van der Waals surface area contributed by atoms with Crippen LogP contribution < -0.4 is 15.0 Å². The number of aromatic nitrogens is 1. The van der Waals surface area contributed by atoms with Crippen LogP contribution in [-0.4, -0.2) is 10.1 Å². The van der Waals surface area contributed by atoms with Crippen LogP contribution in [0.15, 0.2) is 95.5 Å². The molecule has 2 unspecified atom stereocenters. The first-order chi connectivity index (χ1) is 15.2. The first-order valence-electron chi connectivity index (χ1n) is 10.1. The zero-order valence-electron chi connectivity index (χ0n) is 16.9. The Morgan fingerprint density at radius 2 is 1.65 bits per heavy atom. The standard InChI is InChI=1S/C25H21N3O2S/c1-17-10-15-22(29-17)24-23(21-9-5-6-16-26-21)27-25(31)28(24)18-11-13-20(14-12-18)30-19-7-3-2-4-8-19/h2-16,23-24H,1H3,(H,27,31). The van der Waals surface area contributed by atoms with Crippen molar-refractivity contribution in [3.8, 4) is 11.5 Å². The fraction of sp³-hybridized carbons (Fsp3) is 0.120. The van der Waals surface area contributed by atoms with E-state index in [1.165, 1.54) is 0 Å². The Morgan fingerprint density at radius 1 is 0.903 bits per heavy atom. The summed E-state index contributed by atoms with van der Waals surface area (Å²) < 4.78 is 12.0. The SMILES string of the molecule is Cc1ccc(C2C(c3ccccn3)NC(=S)N2c2ccc(Oc3ccccc3)cc2)o1. The number of hydrogen-bond donors (Lipinski definition) is 1. The highest BCUT2D eigenvalue weighted by molar-refractivity contribution is 7.80. The number of anilines is 1. The number of aryl methyl sites for hydroxylation is 1. The summed E-state index contributed by atoms with van der Waals surface area (Å²) in [7, 11) is 0. The van der Waals surface area contributed by atoms with E-state index in [-0.39, 0.29) is 12.1 Å². The Bertz CT molecular complexity index is 1180. The summed E-state index contributed by atoms with van der Waals surface area (Å²) in [6, 6.07) is 27.2. The van der Waals surface area contributed by atoms with Gasteiger partial charge in [0.15, 0.2) is 5.11 Å². The number of benzene rings is 2. The smallest absolute Gasteiger partial charge is 0.174 e. The Kier molecular flexibility index (Phi) is 5.14. The molecule has 0 amide bonds. The monoisotopic (exact) mass is 427 g/mol. The molecule has 31 heavy (non-hydrogen) atoms. The highest BCUT2D eigenvalue weighted by atomic mass is 32.1. The third kappa shape index (κ3) is 3.90. The lowest BCUT2D eigenvalue weighted by Crippen LogP contribution is -2.29. The minimum absolute atomic E-state index is 0.125. The summed E-state index contributed by atoms with van der Waals surface area (Å²) in [5, 5.41) is 4.07. The van der Waals surface area contributed by atoms with E-state index < -0.39 is 0 Å². The molecule has 0 aliphatic carbocycles.